The molecule has 2 aromatic heterocycles. The van der Waals surface area contributed by atoms with Gasteiger partial charge in [-0.1, -0.05) is 0 Å². The molecule has 33 heavy (non-hydrogen) atoms. The molecular formula is C22H25N7O3S. The first-order valence-electron chi connectivity index (χ1n) is 10.8. The molecule has 0 unspecified atom stereocenters. The lowest BCUT2D eigenvalue weighted by Gasteiger charge is -2.16. The minimum absolute atomic E-state index is 0.155. The highest BCUT2D eigenvalue weighted by Gasteiger charge is 2.39. The van der Waals surface area contributed by atoms with Gasteiger partial charge in [-0.3, -0.25) is 0 Å². The van der Waals surface area contributed by atoms with E-state index in [1.165, 1.54) is 12.5 Å². The van der Waals surface area contributed by atoms with Gasteiger partial charge in [0.05, 0.1) is 17.5 Å². The normalized spacial score (nSPS) is 16.9. The highest BCUT2D eigenvalue weighted by atomic mass is 32.2. The molecule has 11 heteroatoms. The van der Waals surface area contributed by atoms with Gasteiger partial charge >= 0.3 is 0 Å². The summed E-state index contributed by atoms with van der Waals surface area (Å²) >= 11 is 0. The van der Waals surface area contributed by atoms with Gasteiger partial charge in [0.1, 0.15) is 35.6 Å². The highest BCUT2D eigenvalue weighted by Crippen LogP contribution is 2.34. The summed E-state index contributed by atoms with van der Waals surface area (Å²) < 4.78 is 31.5. The Morgan fingerprint density at radius 1 is 1.33 bits per heavy atom. The monoisotopic (exact) mass is 467 g/mol. The van der Waals surface area contributed by atoms with Crippen LogP contribution in [0.15, 0.2) is 30.5 Å². The van der Waals surface area contributed by atoms with E-state index in [0.717, 1.165) is 31.5 Å². The number of ether oxygens (including phenoxy) is 1. The van der Waals surface area contributed by atoms with E-state index >= 15 is 0 Å². The molecule has 0 saturated heterocycles. The number of anilines is 3. The van der Waals surface area contributed by atoms with Gasteiger partial charge in [-0.25, -0.2) is 13.4 Å². The lowest BCUT2D eigenvalue weighted by atomic mass is 10.2. The first kappa shape index (κ1) is 21.5. The third-order valence-corrected chi connectivity index (χ3v) is 6.51. The molecule has 2 fully saturated rings. The van der Waals surface area contributed by atoms with Crippen molar-refractivity contribution in [1.82, 2.24) is 14.6 Å². The second-order valence-corrected chi connectivity index (χ2v) is 11.2. The summed E-state index contributed by atoms with van der Waals surface area (Å²) in [4.78, 5) is 4.55. The fourth-order valence-electron chi connectivity index (χ4n) is 3.51. The molecule has 2 saturated carbocycles. The number of nitriles is 1. The number of benzene rings is 1. The number of aromatic nitrogens is 3. The number of nitrogens with zero attached hydrogens (tertiary/aromatic N) is 4. The molecule has 2 aliphatic rings. The largest absolute Gasteiger partial charge is 0.491 e. The molecule has 0 spiro atoms. The van der Waals surface area contributed by atoms with Gasteiger partial charge < -0.3 is 21.1 Å². The number of hydrogen-bond acceptors (Lipinski definition) is 9. The third kappa shape index (κ3) is 5.02. The topological polar surface area (TPSA) is 147 Å². The molecule has 0 atom stereocenters. The van der Waals surface area contributed by atoms with E-state index < -0.39 is 9.84 Å². The minimum atomic E-state index is -3.28. The molecule has 0 bridgehead atoms. The molecule has 10 nitrogen and oxygen atoms in total. The van der Waals surface area contributed by atoms with Crippen LogP contribution in [0.1, 0.15) is 36.8 Å². The molecule has 3 aromatic rings. The molecular weight excluding hydrogens is 442 g/mol. The van der Waals surface area contributed by atoms with E-state index in [1.54, 1.807) is 22.7 Å². The van der Waals surface area contributed by atoms with Crippen molar-refractivity contribution in [3.63, 3.8) is 0 Å². The number of nitrogens with two attached hydrogens (primary N) is 1. The van der Waals surface area contributed by atoms with Gasteiger partial charge in [-0.15, -0.1) is 0 Å². The molecule has 2 heterocycles. The van der Waals surface area contributed by atoms with Crippen LogP contribution in [-0.4, -0.2) is 47.5 Å². The van der Waals surface area contributed by atoms with Crippen molar-refractivity contribution in [2.45, 2.75) is 43.0 Å². The van der Waals surface area contributed by atoms with Crippen LogP contribution >= 0.6 is 0 Å². The maximum absolute atomic E-state index is 12.0. The van der Waals surface area contributed by atoms with E-state index in [-0.39, 0.29) is 11.3 Å². The Morgan fingerprint density at radius 2 is 2.12 bits per heavy atom. The number of nitrogens with one attached hydrogen (secondary N) is 2. The first-order valence-corrected chi connectivity index (χ1v) is 12.8. The lowest BCUT2D eigenvalue weighted by Crippen LogP contribution is -2.30. The van der Waals surface area contributed by atoms with Crippen molar-refractivity contribution in [3.05, 3.63) is 41.6 Å². The van der Waals surface area contributed by atoms with Crippen molar-refractivity contribution in [2.24, 2.45) is 5.73 Å². The second kappa shape index (κ2) is 7.90. The van der Waals surface area contributed by atoms with Crippen molar-refractivity contribution in [2.75, 3.05) is 23.5 Å². The van der Waals surface area contributed by atoms with Crippen LogP contribution in [0.4, 0.5) is 17.3 Å². The maximum Gasteiger partial charge on any atom is 0.177 e. The van der Waals surface area contributed by atoms with Gasteiger partial charge in [-0.2, -0.15) is 14.9 Å². The van der Waals surface area contributed by atoms with Gasteiger partial charge in [0, 0.05) is 29.6 Å². The third-order valence-electron chi connectivity index (χ3n) is 5.68. The fraction of sp³-hybridized carbons (Fsp3) is 0.409. The summed E-state index contributed by atoms with van der Waals surface area (Å²) in [5, 5.41) is 20.3. The van der Waals surface area contributed by atoms with Gasteiger partial charge in [-0.05, 0) is 43.9 Å². The second-order valence-electron chi connectivity index (χ2n) is 9.02. The average Bonchev–Trinajstić information content (AvgIpc) is 3.66. The predicted octanol–water partition coefficient (Wildman–Crippen LogP) is 2.33. The Labute approximate surface area is 191 Å². The number of fused-ring (bicyclic) bond motifs is 1. The van der Waals surface area contributed by atoms with Crippen LogP contribution in [0.25, 0.3) is 5.65 Å². The Morgan fingerprint density at radius 3 is 2.79 bits per heavy atom. The Bertz CT molecular complexity index is 1370. The Kier molecular flexibility index (Phi) is 5.14. The lowest BCUT2D eigenvalue weighted by molar-refractivity contribution is 0.277. The zero-order valence-corrected chi connectivity index (χ0v) is 19.0. The average molecular weight is 468 g/mol. The molecule has 0 amide bonds. The molecule has 172 valence electrons. The van der Waals surface area contributed by atoms with Gasteiger partial charge in [0.2, 0.25) is 0 Å². The Hall–Kier alpha value is -3.36. The molecule has 0 radical (unpaired) electrons. The smallest absolute Gasteiger partial charge is 0.177 e. The summed E-state index contributed by atoms with van der Waals surface area (Å²) in [5.74, 6) is 1.60. The van der Waals surface area contributed by atoms with E-state index in [0.29, 0.717) is 46.7 Å². The summed E-state index contributed by atoms with van der Waals surface area (Å²) in [6.07, 6.45) is 6.65. The fourth-order valence-corrected chi connectivity index (χ4v) is 4.30. The van der Waals surface area contributed by atoms with Crippen LogP contribution in [0.5, 0.6) is 5.75 Å². The SMILES string of the molecule is CS(=O)(=O)Cc1cc(Nc2cc(NC3CC3)n3ncc(C#N)c3n2)ccc1OCC1(N)CC1. The van der Waals surface area contributed by atoms with E-state index in [9.17, 15) is 13.7 Å². The van der Waals surface area contributed by atoms with Crippen molar-refractivity contribution >= 4 is 32.8 Å². The zero-order chi connectivity index (χ0) is 23.2. The molecule has 1 aromatic carbocycles. The highest BCUT2D eigenvalue weighted by molar-refractivity contribution is 7.89. The maximum atomic E-state index is 12.0. The van der Waals surface area contributed by atoms with Gasteiger partial charge in [0.15, 0.2) is 15.5 Å². The summed E-state index contributed by atoms with van der Waals surface area (Å²) in [6.45, 7) is 0.350. The van der Waals surface area contributed by atoms with Gasteiger partial charge in [0.25, 0.3) is 0 Å². The molecule has 2 aliphatic carbocycles. The van der Waals surface area contributed by atoms with Crippen molar-refractivity contribution in [1.29, 1.82) is 5.26 Å². The number of rotatable bonds is 9. The molecule has 4 N–H and O–H groups in total. The van der Waals surface area contributed by atoms with E-state index in [1.807, 2.05) is 6.07 Å². The zero-order valence-electron chi connectivity index (χ0n) is 18.2. The van der Waals surface area contributed by atoms with E-state index in [2.05, 4.69) is 26.8 Å². The van der Waals surface area contributed by atoms with Crippen LogP contribution in [0.3, 0.4) is 0 Å². The first-order chi connectivity index (χ1) is 15.7. The number of sulfone groups is 1. The van der Waals surface area contributed by atoms with Crippen LogP contribution in [-0.2, 0) is 15.6 Å². The van der Waals surface area contributed by atoms with Crippen LogP contribution < -0.4 is 21.1 Å². The summed E-state index contributed by atoms with van der Waals surface area (Å²) in [5.41, 5.74) is 7.82. The summed E-state index contributed by atoms with van der Waals surface area (Å²) in [6, 6.07) is 9.62. The predicted molar refractivity (Wildman–Crippen MR) is 124 cm³/mol. The van der Waals surface area contributed by atoms with E-state index in [4.69, 9.17) is 10.5 Å². The minimum Gasteiger partial charge on any atom is -0.491 e. The molecule has 0 aliphatic heterocycles. The van der Waals surface area contributed by atoms with Crippen LogP contribution in [0.2, 0.25) is 0 Å². The quantitative estimate of drug-likeness (QED) is 0.431. The number of hydrogen-bond donors (Lipinski definition) is 3. The Balaban J connectivity index is 1.46. The summed E-state index contributed by atoms with van der Waals surface area (Å²) in [7, 11) is -3.28. The van der Waals surface area contributed by atoms with Crippen molar-refractivity contribution in [3.8, 4) is 11.8 Å². The standard InChI is InChI=1S/C22H25N7O3S/c1-33(30,31)12-14-8-17(4-5-18(14)32-13-22(24)6-7-22)26-19-9-20(27-16-2-3-16)29-21(28-19)15(10-23)11-25-29/h4-5,8-9,11,16,27H,2-3,6-7,12-13,24H2,1H3,(H,26,28). The molecule has 5 rings (SSSR count). The van der Waals surface area contributed by atoms with Crippen molar-refractivity contribution < 1.29 is 13.2 Å². The van der Waals surface area contributed by atoms with Crippen LogP contribution in [0, 0.1) is 11.3 Å².